The molecule has 0 atom stereocenters. The van der Waals surface area contributed by atoms with Crippen LogP contribution in [0, 0.1) is 13.8 Å². The first-order chi connectivity index (χ1) is 14.5. The third-order valence-corrected chi connectivity index (χ3v) is 5.52. The van der Waals surface area contributed by atoms with E-state index in [9.17, 15) is 9.59 Å². The van der Waals surface area contributed by atoms with E-state index in [1.54, 1.807) is 6.92 Å². The zero-order valence-electron chi connectivity index (χ0n) is 16.5. The summed E-state index contributed by atoms with van der Waals surface area (Å²) in [5.74, 6) is -0.753. The zero-order chi connectivity index (χ0) is 21.1. The standard InChI is InChI=1S/C22H19N3O4S/c1-13-8-9-18-16(10-13)17(25-29-18)11-19(26)24-22-23-14(2)20(30-22)21(27)28-12-15-6-4-3-5-7-15/h3-10H,11-12H2,1-2H3,(H,23,24,26). The van der Waals surface area contributed by atoms with Gasteiger partial charge in [-0.15, -0.1) is 0 Å². The molecule has 0 aliphatic heterocycles. The molecule has 1 N–H and O–H groups in total. The number of aromatic nitrogens is 2. The molecule has 0 aliphatic rings. The molecule has 1 amide bonds. The number of carbonyl (C=O) groups is 2. The lowest BCUT2D eigenvalue weighted by Gasteiger charge is -2.03. The Morgan fingerprint density at radius 2 is 1.93 bits per heavy atom. The summed E-state index contributed by atoms with van der Waals surface area (Å²) in [6, 6.07) is 15.1. The van der Waals surface area contributed by atoms with E-state index in [-0.39, 0.29) is 18.9 Å². The molecule has 0 spiro atoms. The normalized spacial score (nSPS) is 10.9. The lowest BCUT2D eigenvalue weighted by atomic mass is 10.1. The van der Waals surface area contributed by atoms with Gasteiger partial charge in [-0.3, -0.25) is 4.79 Å². The number of benzene rings is 2. The van der Waals surface area contributed by atoms with Crippen molar-refractivity contribution in [2.75, 3.05) is 5.32 Å². The van der Waals surface area contributed by atoms with Crippen molar-refractivity contribution in [3.05, 3.63) is 75.9 Å². The minimum atomic E-state index is -0.465. The molecule has 30 heavy (non-hydrogen) atoms. The average molecular weight is 421 g/mol. The molecule has 0 fully saturated rings. The first kappa shape index (κ1) is 19.8. The van der Waals surface area contributed by atoms with Crippen molar-refractivity contribution in [3.8, 4) is 0 Å². The van der Waals surface area contributed by atoms with Crippen LogP contribution in [0.2, 0.25) is 0 Å². The van der Waals surface area contributed by atoms with E-state index in [4.69, 9.17) is 9.26 Å². The van der Waals surface area contributed by atoms with Gasteiger partial charge in [-0.25, -0.2) is 9.78 Å². The van der Waals surface area contributed by atoms with Gasteiger partial charge in [0.15, 0.2) is 10.7 Å². The number of nitrogens with one attached hydrogen (secondary N) is 1. The number of thiazole rings is 1. The fraction of sp³-hybridized carbons (Fsp3) is 0.182. The van der Waals surface area contributed by atoms with Gasteiger partial charge in [0.2, 0.25) is 5.91 Å². The molecule has 7 nitrogen and oxygen atoms in total. The number of aryl methyl sites for hydroxylation is 2. The van der Waals surface area contributed by atoms with Gasteiger partial charge in [0.1, 0.15) is 17.2 Å². The largest absolute Gasteiger partial charge is 0.457 e. The van der Waals surface area contributed by atoms with Crippen LogP contribution in [0.4, 0.5) is 5.13 Å². The molecule has 0 bridgehead atoms. The Hall–Kier alpha value is -3.52. The average Bonchev–Trinajstić information content (AvgIpc) is 3.29. The van der Waals surface area contributed by atoms with Crippen LogP contribution in [0.5, 0.6) is 0 Å². The van der Waals surface area contributed by atoms with Crippen molar-refractivity contribution in [1.29, 1.82) is 0 Å². The van der Waals surface area contributed by atoms with Crippen LogP contribution in [0.15, 0.2) is 53.1 Å². The Balaban J connectivity index is 1.40. The SMILES string of the molecule is Cc1ccc2onc(CC(=O)Nc3nc(C)c(C(=O)OCc4ccccc4)s3)c2c1. The van der Waals surface area contributed by atoms with E-state index >= 15 is 0 Å². The number of ether oxygens (including phenoxy) is 1. The summed E-state index contributed by atoms with van der Waals surface area (Å²) < 4.78 is 10.6. The fourth-order valence-corrected chi connectivity index (χ4v) is 3.85. The molecule has 152 valence electrons. The van der Waals surface area contributed by atoms with Crippen molar-refractivity contribution in [1.82, 2.24) is 10.1 Å². The molecule has 4 rings (SSSR count). The van der Waals surface area contributed by atoms with Crippen LogP contribution in [0.1, 0.15) is 32.2 Å². The van der Waals surface area contributed by atoms with Crippen molar-refractivity contribution in [2.45, 2.75) is 26.9 Å². The molecule has 2 heterocycles. The van der Waals surface area contributed by atoms with Gasteiger partial charge in [-0.05, 0) is 31.5 Å². The molecular formula is C22H19N3O4S. The van der Waals surface area contributed by atoms with Crippen molar-refractivity contribution >= 4 is 39.3 Å². The number of hydrogen-bond donors (Lipinski definition) is 1. The van der Waals surface area contributed by atoms with Crippen molar-refractivity contribution in [2.24, 2.45) is 0 Å². The van der Waals surface area contributed by atoms with Crippen LogP contribution in [0.3, 0.4) is 0 Å². The first-order valence-corrected chi connectivity index (χ1v) is 10.1. The highest BCUT2D eigenvalue weighted by molar-refractivity contribution is 7.17. The summed E-state index contributed by atoms with van der Waals surface area (Å²) in [5, 5.41) is 7.88. The Labute approximate surface area is 176 Å². The molecule has 0 aliphatic carbocycles. The second kappa shape index (κ2) is 8.46. The van der Waals surface area contributed by atoms with Crippen molar-refractivity contribution < 1.29 is 18.8 Å². The Morgan fingerprint density at radius 1 is 1.13 bits per heavy atom. The van der Waals surface area contributed by atoms with Gasteiger partial charge < -0.3 is 14.6 Å². The predicted molar refractivity (Wildman–Crippen MR) is 113 cm³/mol. The van der Waals surface area contributed by atoms with Crippen molar-refractivity contribution in [3.63, 3.8) is 0 Å². The molecule has 0 saturated carbocycles. The van der Waals surface area contributed by atoms with Crippen LogP contribution >= 0.6 is 11.3 Å². The summed E-state index contributed by atoms with van der Waals surface area (Å²) in [7, 11) is 0. The smallest absolute Gasteiger partial charge is 0.350 e. The van der Waals surface area contributed by atoms with E-state index in [0.717, 1.165) is 27.8 Å². The second-order valence-corrected chi connectivity index (χ2v) is 7.85. The number of rotatable bonds is 6. The molecule has 0 radical (unpaired) electrons. The molecule has 2 aromatic heterocycles. The Morgan fingerprint density at radius 3 is 2.73 bits per heavy atom. The number of amides is 1. The highest BCUT2D eigenvalue weighted by Gasteiger charge is 2.19. The van der Waals surface area contributed by atoms with E-state index in [2.05, 4.69) is 15.5 Å². The lowest BCUT2D eigenvalue weighted by Crippen LogP contribution is -2.14. The van der Waals surface area contributed by atoms with Crippen LogP contribution in [-0.4, -0.2) is 22.0 Å². The number of anilines is 1. The summed E-state index contributed by atoms with van der Waals surface area (Å²) >= 11 is 1.09. The fourth-order valence-electron chi connectivity index (χ4n) is 2.97. The summed E-state index contributed by atoms with van der Waals surface area (Å²) in [6.07, 6.45) is 0.0445. The first-order valence-electron chi connectivity index (χ1n) is 9.33. The minimum Gasteiger partial charge on any atom is -0.457 e. The van der Waals surface area contributed by atoms with Gasteiger partial charge in [0, 0.05) is 5.39 Å². The number of hydrogen-bond acceptors (Lipinski definition) is 7. The zero-order valence-corrected chi connectivity index (χ0v) is 17.3. The molecule has 4 aromatic rings. The highest BCUT2D eigenvalue weighted by Crippen LogP contribution is 2.25. The van der Waals surface area contributed by atoms with Gasteiger partial charge in [0.25, 0.3) is 0 Å². The summed E-state index contributed by atoms with van der Waals surface area (Å²) in [5.41, 5.74) is 3.66. The third-order valence-electron chi connectivity index (χ3n) is 4.47. The van der Waals surface area contributed by atoms with E-state index < -0.39 is 5.97 Å². The van der Waals surface area contributed by atoms with E-state index in [0.29, 0.717) is 27.0 Å². The van der Waals surface area contributed by atoms with E-state index in [1.165, 1.54) is 0 Å². The van der Waals surface area contributed by atoms with Crippen LogP contribution in [-0.2, 0) is 22.6 Å². The molecule has 0 saturated heterocycles. The maximum Gasteiger partial charge on any atom is 0.350 e. The maximum absolute atomic E-state index is 12.5. The van der Waals surface area contributed by atoms with Crippen LogP contribution < -0.4 is 5.32 Å². The topological polar surface area (TPSA) is 94.3 Å². The monoisotopic (exact) mass is 421 g/mol. The molecule has 8 heteroatoms. The van der Waals surface area contributed by atoms with Gasteiger partial charge in [-0.1, -0.05) is 58.5 Å². The summed E-state index contributed by atoms with van der Waals surface area (Å²) in [4.78, 5) is 29.5. The van der Waals surface area contributed by atoms with Gasteiger partial charge in [-0.2, -0.15) is 0 Å². The lowest BCUT2D eigenvalue weighted by molar-refractivity contribution is -0.115. The van der Waals surface area contributed by atoms with E-state index in [1.807, 2.05) is 55.5 Å². The quantitative estimate of drug-likeness (QED) is 0.463. The number of esters is 1. The predicted octanol–water partition coefficient (Wildman–Crippen LogP) is 4.44. The number of nitrogens with zero attached hydrogens (tertiary/aromatic N) is 2. The Bertz CT molecular complexity index is 1210. The highest BCUT2D eigenvalue weighted by atomic mass is 32.1. The third kappa shape index (κ3) is 4.38. The minimum absolute atomic E-state index is 0.0445. The molecular weight excluding hydrogens is 402 g/mol. The summed E-state index contributed by atoms with van der Waals surface area (Å²) in [6.45, 7) is 3.85. The second-order valence-electron chi connectivity index (χ2n) is 6.85. The number of carbonyl (C=O) groups excluding carboxylic acids is 2. The molecule has 2 aromatic carbocycles. The van der Waals surface area contributed by atoms with Crippen LogP contribution in [0.25, 0.3) is 11.0 Å². The Kier molecular flexibility index (Phi) is 5.58. The number of fused-ring (bicyclic) bond motifs is 1. The van der Waals surface area contributed by atoms with Gasteiger partial charge >= 0.3 is 5.97 Å². The molecule has 0 unspecified atom stereocenters. The maximum atomic E-state index is 12.5. The van der Waals surface area contributed by atoms with Gasteiger partial charge in [0.05, 0.1) is 12.1 Å².